The van der Waals surface area contributed by atoms with Crippen LogP contribution in [0.3, 0.4) is 0 Å². The highest BCUT2D eigenvalue weighted by molar-refractivity contribution is 9.10. The van der Waals surface area contributed by atoms with Gasteiger partial charge >= 0.3 is 0 Å². The highest BCUT2D eigenvalue weighted by Gasteiger charge is 2.24. The van der Waals surface area contributed by atoms with Gasteiger partial charge in [0.1, 0.15) is 11.6 Å². The van der Waals surface area contributed by atoms with Gasteiger partial charge in [0, 0.05) is 36.8 Å². The van der Waals surface area contributed by atoms with E-state index in [1.165, 1.54) is 6.07 Å². The quantitative estimate of drug-likeness (QED) is 0.892. The Labute approximate surface area is 137 Å². The highest BCUT2D eigenvalue weighted by atomic mass is 79.9. The molecule has 114 valence electrons. The summed E-state index contributed by atoms with van der Waals surface area (Å²) in [5.41, 5.74) is 0.342. The van der Waals surface area contributed by atoms with E-state index in [9.17, 15) is 9.90 Å². The molecular formula is C16H16BrN3O2. The summed E-state index contributed by atoms with van der Waals surface area (Å²) < 4.78 is 0.751. The zero-order valence-corrected chi connectivity index (χ0v) is 13.5. The maximum absolute atomic E-state index is 12.5. The molecule has 0 saturated carbocycles. The van der Waals surface area contributed by atoms with Crippen LogP contribution in [0.25, 0.3) is 0 Å². The molecule has 5 nitrogen and oxygen atoms in total. The van der Waals surface area contributed by atoms with E-state index in [4.69, 9.17) is 0 Å². The number of hydrogen-bond acceptors (Lipinski definition) is 4. The number of rotatable bonds is 2. The largest absolute Gasteiger partial charge is 0.507 e. The molecule has 0 spiro atoms. The van der Waals surface area contributed by atoms with E-state index in [0.717, 1.165) is 23.4 Å². The average molecular weight is 362 g/mol. The Morgan fingerprint density at radius 1 is 1.14 bits per heavy atom. The van der Waals surface area contributed by atoms with E-state index in [1.54, 1.807) is 23.2 Å². The summed E-state index contributed by atoms with van der Waals surface area (Å²) in [6, 6.07) is 10.8. The molecular weight excluding hydrogens is 346 g/mol. The Hall–Kier alpha value is -2.08. The smallest absolute Gasteiger partial charge is 0.257 e. The van der Waals surface area contributed by atoms with Crippen molar-refractivity contribution in [2.45, 2.75) is 0 Å². The van der Waals surface area contributed by atoms with Gasteiger partial charge < -0.3 is 14.9 Å². The number of aromatic hydroxyl groups is 1. The Bertz CT molecular complexity index is 670. The topological polar surface area (TPSA) is 56.7 Å². The second-order valence-electron chi connectivity index (χ2n) is 5.13. The molecule has 1 amide bonds. The van der Waals surface area contributed by atoms with Crippen LogP contribution >= 0.6 is 15.9 Å². The average Bonchev–Trinajstić information content (AvgIpc) is 2.55. The van der Waals surface area contributed by atoms with Crippen molar-refractivity contribution in [1.29, 1.82) is 0 Å². The van der Waals surface area contributed by atoms with Crippen LogP contribution in [0.5, 0.6) is 5.75 Å². The van der Waals surface area contributed by atoms with Gasteiger partial charge in [-0.1, -0.05) is 22.0 Å². The van der Waals surface area contributed by atoms with E-state index in [-0.39, 0.29) is 11.7 Å². The summed E-state index contributed by atoms with van der Waals surface area (Å²) >= 11 is 3.28. The molecule has 1 fully saturated rings. The number of nitrogens with zero attached hydrogens (tertiary/aromatic N) is 3. The lowest BCUT2D eigenvalue weighted by molar-refractivity contribution is 0.0743. The van der Waals surface area contributed by atoms with Crippen LogP contribution in [0.1, 0.15) is 10.4 Å². The minimum Gasteiger partial charge on any atom is -0.507 e. The van der Waals surface area contributed by atoms with Crippen LogP contribution in [0, 0.1) is 0 Å². The van der Waals surface area contributed by atoms with E-state index in [1.807, 2.05) is 18.2 Å². The summed E-state index contributed by atoms with van der Waals surface area (Å²) in [6.07, 6.45) is 1.77. The number of phenols is 1. The molecule has 1 aliphatic rings. The molecule has 0 atom stereocenters. The van der Waals surface area contributed by atoms with Crippen molar-refractivity contribution < 1.29 is 9.90 Å². The number of piperazine rings is 1. The first-order chi connectivity index (χ1) is 10.6. The lowest BCUT2D eigenvalue weighted by atomic mass is 10.1. The van der Waals surface area contributed by atoms with Crippen molar-refractivity contribution in [2.24, 2.45) is 0 Å². The molecule has 2 aromatic rings. The van der Waals surface area contributed by atoms with Crippen molar-refractivity contribution in [3.8, 4) is 5.75 Å². The molecule has 22 heavy (non-hydrogen) atoms. The zero-order valence-electron chi connectivity index (χ0n) is 11.9. The van der Waals surface area contributed by atoms with Gasteiger partial charge in [0.15, 0.2) is 0 Å². The summed E-state index contributed by atoms with van der Waals surface area (Å²) in [5.74, 6) is 0.804. The van der Waals surface area contributed by atoms with Crippen molar-refractivity contribution in [1.82, 2.24) is 9.88 Å². The highest BCUT2D eigenvalue weighted by Crippen LogP contribution is 2.24. The van der Waals surface area contributed by atoms with Gasteiger partial charge in [-0.15, -0.1) is 0 Å². The van der Waals surface area contributed by atoms with Crippen molar-refractivity contribution in [3.63, 3.8) is 0 Å². The Morgan fingerprint density at radius 2 is 1.91 bits per heavy atom. The number of carbonyl (C=O) groups is 1. The fourth-order valence-corrected chi connectivity index (χ4v) is 2.88. The number of pyridine rings is 1. The number of phenolic OH excluding ortho intramolecular Hbond substituents is 1. The molecule has 0 bridgehead atoms. The van der Waals surface area contributed by atoms with E-state index < -0.39 is 0 Å². The molecule has 1 aliphatic heterocycles. The molecule has 3 rings (SSSR count). The first kappa shape index (κ1) is 14.8. The summed E-state index contributed by atoms with van der Waals surface area (Å²) in [4.78, 5) is 20.7. The molecule has 1 aromatic carbocycles. The summed E-state index contributed by atoms with van der Waals surface area (Å²) in [7, 11) is 0. The van der Waals surface area contributed by atoms with Gasteiger partial charge in [-0.25, -0.2) is 4.98 Å². The predicted octanol–water partition coefficient (Wildman–Crippen LogP) is 2.51. The van der Waals surface area contributed by atoms with Crippen molar-refractivity contribution in [3.05, 3.63) is 52.6 Å². The second kappa shape index (κ2) is 6.36. The van der Waals surface area contributed by atoms with Gasteiger partial charge in [-0.2, -0.15) is 0 Å². The van der Waals surface area contributed by atoms with Gasteiger partial charge in [-0.05, 0) is 30.3 Å². The SMILES string of the molecule is O=C(c1ccc(Br)cc1O)N1CCN(c2ccccn2)CC1. The lowest BCUT2D eigenvalue weighted by Crippen LogP contribution is -2.49. The fraction of sp³-hybridized carbons (Fsp3) is 0.250. The molecule has 1 N–H and O–H groups in total. The Balaban J connectivity index is 1.67. The zero-order chi connectivity index (χ0) is 15.5. The van der Waals surface area contributed by atoms with E-state index >= 15 is 0 Å². The van der Waals surface area contributed by atoms with E-state index in [2.05, 4.69) is 25.8 Å². The predicted molar refractivity (Wildman–Crippen MR) is 88.2 cm³/mol. The normalized spacial score (nSPS) is 15.0. The standard InChI is InChI=1S/C16H16BrN3O2/c17-12-4-5-13(14(21)11-12)16(22)20-9-7-19(8-10-20)15-3-1-2-6-18-15/h1-6,11,21H,7-10H2. The lowest BCUT2D eigenvalue weighted by Gasteiger charge is -2.35. The number of aromatic nitrogens is 1. The van der Waals surface area contributed by atoms with Crippen LogP contribution in [0.15, 0.2) is 47.1 Å². The van der Waals surface area contributed by atoms with Gasteiger partial charge in [0.05, 0.1) is 5.56 Å². The summed E-state index contributed by atoms with van der Waals surface area (Å²) in [5, 5.41) is 9.92. The van der Waals surface area contributed by atoms with Gasteiger partial charge in [0.25, 0.3) is 5.91 Å². The van der Waals surface area contributed by atoms with Crippen LogP contribution in [0.2, 0.25) is 0 Å². The Morgan fingerprint density at radius 3 is 2.55 bits per heavy atom. The molecule has 1 saturated heterocycles. The third-order valence-corrected chi connectivity index (χ3v) is 4.22. The number of benzene rings is 1. The number of halogens is 1. The minimum atomic E-state index is -0.134. The first-order valence-electron chi connectivity index (χ1n) is 7.09. The third kappa shape index (κ3) is 3.06. The number of amides is 1. The fourth-order valence-electron chi connectivity index (χ4n) is 2.54. The first-order valence-corrected chi connectivity index (χ1v) is 7.88. The molecule has 6 heteroatoms. The van der Waals surface area contributed by atoms with Gasteiger partial charge in [0.2, 0.25) is 0 Å². The molecule has 0 unspecified atom stereocenters. The molecule has 0 aliphatic carbocycles. The second-order valence-corrected chi connectivity index (χ2v) is 6.04. The maximum Gasteiger partial charge on any atom is 0.257 e. The number of anilines is 1. The Kier molecular flexibility index (Phi) is 4.29. The summed E-state index contributed by atoms with van der Waals surface area (Å²) in [6.45, 7) is 2.70. The molecule has 0 radical (unpaired) electrons. The molecule has 1 aromatic heterocycles. The van der Waals surface area contributed by atoms with Crippen LogP contribution < -0.4 is 4.90 Å². The van der Waals surface area contributed by atoms with Crippen molar-refractivity contribution >= 4 is 27.7 Å². The van der Waals surface area contributed by atoms with Gasteiger partial charge in [-0.3, -0.25) is 4.79 Å². The van der Waals surface area contributed by atoms with E-state index in [0.29, 0.717) is 18.7 Å². The monoisotopic (exact) mass is 361 g/mol. The molecule has 2 heterocycles. The van der Waals surface area contributed by atoms with Crippen LogP contribution in [0.4, 0.5) is 5.82 Å². The number of carbonyl (C=O) groups excluding carboxylic acids is 1. The van der Waals surface area contributed by atoms with Crippen LogP contribution in [-0.2, 0) is 0 Å². The maximum atomic E-state index is 12.5. The third-order valence-electron chi connectivity index (χ3n) is 3.73. The van der Waals surface area contributed by atoms with Crippen molar-refractivity contribution in [2.75, 3.05) is 31.1 Å². The number of hydrogen-bond donors (Lipinski definition) is 1. The minimum absolute atomic E-state index is 0.00605. The van der Waals surface area contributed by atoms with Crippen LogP contribution in [-0.4, -0.2) is 47.1 Å².